The second-order valence-corrected chi connectivity index (χ2v) is 2.50. The second kappa shape index (κ2) is 94.8. The first-order valence-corrected chi connectivity index (χ1v) is 12.2. The normalized spacial score (nSPS) is 3.53. The molecule has 0 aliphatic heterocycles. The summed E-state index contributed by atoms with van der Waals surface area (Å²) in [6.45, 7) is 0. The Kier molecular flexibility index (Phi) is 238. The van der Waals surface area contributed by atoms with Gasteiger partial charge in [0, 0.05) is 0 Å². The van der Waals surface area contributed by atoms with Crippen LogP contribution in [0.2, 0.25) is 0 Å². The summed E-state index contributed by atoms with van der Waals surface area (Å²) in [5.41, 5.74) is 0. The van der Waals surface area contributed by atoms with Crippen LogP contribution in [-0.2, 0) is 18.9 Å². The monoisotopic (exact) mass is 881 g/mol. The Bertz CT molecular complexity index is 97.0. The van der Waals surface area contributed by atoms with E-state index in [0.717, 1.165) is 0 Å². The van der Waals surface area contributed by atoms with Crippen molar-refractivity contribution < 1.29 is 39.6 Å². The molecule has 0 atom stereocenters. The van der Waals surface area contributed by atoms with Gasteiger partial charge in [-0.2, -0.15) is 0 Å². The first-order valence-electron chi connectivity index (χ1n) is 2.36. The maximum atomic E-state index is 8.53. The van der Waals surface area contributed by atoms with Crippen LogP contribution in [-0.4, -0.2) is 154 Å². The molecule has 17 heavy (non-hydrogen) atoms. The van der Waals surface area contributed by atoms with Gasteiger partial charge in [-0.15, -0.1) is 0 Å². The standard InChI is InChI=1S/Ba.Bi.5GeHO2/c;;5*2-1-3/h;;5*1H/q+2;+3;5*-1. The Balaban J connectivity index is -0.0000000143. The van der Waals surface area contributed by atoms with Crippen molar-refractivity contribution in [1.29, 1.82) is 0 Å². The Morgan fingerprint density at radius 1 is 0.471 bits per heavy atom. The molecule has 0 aromatic rings. The fraction of sp³-hybridized carbons (Fsp3) is 0. The molecule has 0 aliphatic rings. The summed E-state index contributed by atoms with van der Waals surface area (Å²) >= 11 is -10.9. The zero-order valence-electron chi connectivity index (χ0n) is 8.12. The van der Waals surface area contributed by atoms with E-state index in [-0.39, 0.29) is 75.1 Å². The van der Waals surface area contributed by atoms with Crippen LogP contribution < -0.4 is 20.7 Å². The van der Waals surface area contributed by atoms with Gasteiger partial charge < -0.3 is 0 Å². The molecular weight excluding hydrogens is 869 g/mol. The van der Waals surface area contributed by atoms with Crippen molar-refractivity contribution >= 4 is 154 Å². The predicted octanol–water partition coefficient (Wildman–Crippen LogP) is -10.5. The fourth-order valence-corrected chi connectivity index (χ4v) is 0. The average Bonchev–Trinajstić information content (AvgIpc) is 2.09. The molecule has 0 spiro atoms. The van der Waals surface area contributed by atoms with Crippen LogP contribution in [0, 0.1) is 0 Å². The molecule has 0 saturated heterocycles. The van der Waals surface area contributed by atoms with E-state index in [0.29, 0.717) is 0 Å². The quantitative estimate of drug-likeness (QED) is 0.211. The van der Waals surface area contributed by atoms with E-state index >= 15 is 0 Å². The first-order chi connectivity index (χ1) is 7.07. The van der Waals surface area contributed by atoms with Crippen molar-refractivity contribution in [2.75, 3.05) is 0 Å². The van der Waals surface area contributed by atoms with Crippen LogP contribution in [0.15, 0.2) is 0 Å². The minimum atomic E-state index is -2.19. The van der Waals surface area contributed by atoms with Crippen molar-refractivity contribution in [3.63, 3.8) is 0 Å². The first kappa shape index (κ1) is 42.7. The maximum absolute atomic E-state index is 8.53. The van der Waals surface area contributed by atoms with Crippen LogP contribution in [0.4, 0.5) is 0 Å². The molecule has 0 unspecified atom stereocenters. The number of hydrogen-bond donors (Lipinski definition) is 0. The molecule has 92 valence electrons. The molecule has 0 saturated carbocycles. The zero-order chi connectivity index (χ0) is 13.5. The van der Waals surface area contributed by atoms with E-state index in [2.05, 4.69) is 0 Å². The molecule has 0 N–H and O–H groups in total. The van der Waals surface area contributed by atoms with Crippen molar-refractivity contribution in [2.45, 2.75) is 0 Å². The van der Waals surface area contributed by atoms with Crippen LogP contribution in [0.3, 0.4) is 0 Å². The van der Waals surface area contributed by atoms with Gasteiger partial charge >= 0.3 is 193 Å². The van der Waals surface area contributed by atoms with Crippen molar-refractivity contribution in [1.82, 2.24) is 0 Å². The van der Waals surface area contributed by atoms with Gasteiger partial charge in [0.2, 0.25) is 0 Å². The molecule has 0 bridgehead atoms. The number of rotatable bonds is 0. The molecule has 0 aromatic heterocycles. The zero-order valence-corrected chi connectivity index (χ0v) is 28.2. The second-order valence-electron chi connectivity index (χ2n) is 0.481. The Morgan fingerprint density at radius 2 is 0.471 bits per heavy atom. The van der Waals surface area contributed by atoms with Gasteiger partial charge in [0.05, 0.1) is 0 Å². The van der Waals surface area contributed by atoms with Gasteiger partial charge in [-0.05, 0) is 0 Å². The molecule has 0 rings (SSSR count). The van der Waals surface area contributed by atoms with Crippen LogP contribution >= 0.6 is 0 Å². The predicted molar refractivity (Wildman–Crippen MR) is 50.7 cm³/mol. The molecule has 0 fully saturated rings. The van der Waals surface area contributed by atoms with E-state index in [1.807, 2.05) is 0 Å². The van der Waals surface area contributed by atoms with E-state index in [4.69, 9.17) is 39.6 Å². The van der Waals surface area contributed by atoms with Gasteiger partial charge in [-0.25, -0.2) is 0 Å². The van der Waals surface area contributed by atoms with Crippen molar-refractivity contribution in [3.05, 3.63) is 0 Å². The fourth-order valence-electron chi connectivity index (χ4n) is 0. The molecule has 10 nitrogen and oxygen atoms in total. The third-order valence-corrected chi connectivity index (χ3v) is 0. The van der Waals surface area contributed by atoms with E-state index in [9.17, 15) is 0 Å². The molecular formula is H5BaBiGe5O10. The topological polar surface area (TPSA) is 201 Å². The number of hydrogen-bond acceptors (Lipinski definition) is 10. The SMILES string of the molecule is [Ba+2].[Bi+3].[O]=[GeH][O-].[O]=[GeH][O-].[O]=[GeH][O-].[O]=[GeH][O-].[O]=[GeH][O-]. The van der Waals surface area contributed by atoms with Crippen LogP contribution in [0.5, 0.6) is 0 Å². The van der Waals surface area contributed by atoms with E-state index < -0.39 is 78.5 Å². The summed E-state index contributed by atoms with van der Waals surface area (Å²) < 4.78 is 85.3. The molecule has 0 amide bonds. The van der Waals surface area contributed by atoms with Gasteiger partial charge in [0.15, 0.2) is 0 Å². The van der Waals surface area contributed by atoms with Gasteiger partial charge in [0.25, 0.3) is 0 Å². The van der Waals surface area contributed by atoms with E-state index in [1.165, 1.54) is 0 Å². The van der Waals surface area contributed by atoms with Crippen molar-refractivity contribution in [2.24, 2.45) is 0 Å². The summed E-state index contributed by atoms with van der Waals surface area (Å²) in [5.74, 6) is 0. The molecule has 0 heterocycles. The molecule has 0 aromatic carbocycles. The van der Waals surface area contributed by atoms with Crippen LogP contribution in [0.25, 0.3) is 0 Å². The molecule has 2 radical (unpaired) electrons. The summed E-state index contributed by atoms with van der Waals surface area (Å²) in [6.07, 6.45) is 0. The third-order valence-electron chi connectivity index (χ3n) is 0. The van der Waals surface area contributed by atoms with Gasteiger partial charge in [-0.3, -0.25) is 0 Å². The summed E-state index contributed by atoms with van der Waals surface area (Å²) in [4.78, 5) is 0. The molecule has 17 heteroatoms. The average molecular weight is 874 g/mol. The van der Waals surface area contributed by atoms with Gasteiger partial charge in [-0.1, -0.05) is 0 Å². The summed E-state index contributed by atoms with van der Waals surface area (Å²) in [5, 5.41) is 0. The van der Waals surface area contributed by atoms with Gasteiger partial charge in [0.1, 0.15) is 0 Å². The molecule has 0 aliphatic carbocycles. The van der Waals surface area contributed by atoms with Crippen LogP contribution in [0.1, 0.15) is 0 Å². The Hall–Kier alpha value is 3.17. The minimum absolute atomic E-state index is 0. The summed E-state index contributed by atoms with van der Waals surface area (Å²) in [7, 11) is 0. The summed E-state index contributed by atoms with van der Waals surface area (Å²) in [6, 6.07) is 0. The Morgan fingerprint density at radius 3 is 0.471 bits per heavy atom. The van der Waals surface area contributed by atoms with E-state index in [1.54, 1.807) is 0 Å². The third kappa shape index (κ3) is 563. The van der Waals surface area contributed by atoms with Crippen molar-refractivity contribution in [3.8, 4) is 0 Å². The Labute approximate surface area is 189 Å².